The number of para-hydroxylation sites is 1. The maximum atomic E-state index is 13.6. The molecule has 1 aromatic carbocycles. The van der Waals surface area contributed by atoms with Gasteiger partial charge < -0.3 is 5.32 Å². The molecule has 0 bridgehead atoms. The van der Waals surface area contributed by atoms with Crippen LogP contribution in [0.5, 0.6) is 0 Å². The van der Waals surface area contributed by atoms with E-state index in [0.717, 1.165) is 6.42 Å². The van der Waals surface area contributed by atoms with E-state index in [-0.39, 0.29) is 11.5 Å². The molecular weight excluding hydrogens is 315 g/mol. The zero-order chi connectivity index (χ0) is 13.8. The van der Waals surface area contributed by atoms with Gasteiger partial charge in [-0.2, -0.15) is 0 Å². The molecule has 5 nitrogen and oxygen atoms in total. The molecule has 1 amide bonds. The van der Waals surface area contributed by atoms with Gasteiger partial charge in [-0.3, -0.25) is 9.89 Å². The minimum absolute atomic E-state index is 0.00129. The summed E-state index contributed by atoms with van der Waals surface area (Å²) in [5, 5.41) is 8.92. The van der Waals surface area contributed by atoms with Gasteiger partial charge in [-0.25, -0.2) is 9.37 Å². The van der Waals surface area contributed by atoms with Gasteiger partial charge in [0, 0.05) is 10.9 Å². The van der Waals surface area contributed by atoms with Crippen molar-refractivity contribution in [3.05, 3.63) is 40.1 Å². The number of amides is 1. The number of benzene rings is 1. The summed E-state index contributed by atoms with van der Waals surface area (Å²) in [4.78, 5) is 15.9. The van der Waals surface area contributed by atoms with Crippen LogP contribution >= 0.6 is 15.9 Å². The summed E-state index contributed by atoms with van der Waals surface area (Å²) in [5.74, 6) is -0.435. The lowest BCUT2D eigenvalue weighted by Gasteiger charge is -2.06. The van der Waals surface area contributed by atoms with E-state index >= 15 is 0 Å². The third-order valence-corrected chi connectivity index (χ3v) is 3.08. The average Bonchev–Trinajstić information content (AvgIpc) is 2.83. The van der Waals surface area contributed by atoms with Crippen molar-refractivity contribution < 1.29 is 9.18 Å². The number of halogens is 2. The quantitative estimate of drug-likeness (QED) is 0.907. The number of carbonyl (C=O) groups is 1. The Bertz CT molecular complexity index is 579. The van der Waals surface area contributed by atoms with E-state index in [1.54, 1.807) is 12.1 Å². The Morgan fingerprint density at radius 2 is 2.32 bits per heavy atom. The Morgan fingerprint density at radius 3 is 3.00 bits per heavy atom. The first-order chi connectivity index (χ1) is 9.11. The Labute approximate surface area is 117 Å². The smallest absolute Gasteiger partial charge is 0.295 e. The van der Waals surface area contributed by atoms with Gasteiger partial charge in [0.05, 0.1) is 5.69 Å². The molecule has 7 heteroatoms. The van der Waals surface area contributed by atoms with Crippen molar-refractivity contribution in [3.63, 3.8) is 0 Å². The minimum Gasteiger partial charge on any atom is -0.316 e. The van der Waals surface area contributed by atoms with E-state index in [0.29, 0.717) is 16.7 Å². The highest BCUT2D eigenvalue weighted by Gasteiger charge is 2.16. The molecule has 1 heterocycles. The van der Waals surface area contributed by atoms with Crippen LogP contribution in [0.25, 0.3) is 0 Å². The summed E-state index contributed by atoms with van der Waals surface area (Å²) in [5.41, 5.74) is 0.0781. The van der Waals surface area contributed by atoms with Crippen LogP contribution in [-0.4, -0.2) is 21.1 Å². The molecule has 0 aliphatic rings. The SMILES string of the molecule is CCCc1nc(C(=O)Nc2c(F)cccc2Br)n[nH]1. The summed E-state index contributed by atoms with van der Waals surface area (Å²) >= 11 is 3.17. The van der Waals surface area contributed by atoms with Crippen LogP contribution in [-0.2, 0) is 6.42 Å². The van der Waals surface area contributed by atoms with Crippen LogP contribution in [0.3, 0.4) is 0 Å². The minimum atomic E-state index is -0.551. The van der Waals surface area contributed by atoms with E-state index in [1.807, 2.05) is 6.92 Å². The fourth-order valence-electron chi connectivity index (χ4n) is 1.53. The molecule has 0 fully saturated rings. The number of H-pyrrole nitrogens is 1. The average molecular weight is 327 g/mol. The third kappa shape index (κ3) is 3.17. The normalized spacial score (nSPS) is 10.5. The number of anilines is 1. The van der Waals surface area contributed by atoms with Crippen LogP contribution in [0, 0.1) is 5.82 Å². The van der Waals surface area contributed by atoms with Gasteiger partial charge in [-0.1, -0.05) is 13.0 Å². The number of carbonyl (C=O) groups excluding carboxylic acids is 1. The van der Waals surface area contributed by atoms with Crippen molar-refractivity contribution in [3.8, 4) is 0 Å². The second-order valence-corrected chi connectivity index (χ2v) is 4.76. The Balaban J connectivity index is 2.16. The van der Waals surface area contributed by atoms with Crippen LogP contribution in [0.2, 0.25) is 0 Å². The number of hydrogen-bond donors (Lipinski definition) is 2. The molecular formula is C12H12BrFN4O. The first kappa shape index (κ1) is 13.7. The lowest BCUT2D eigenvalue weighted by molar-refractivity contribution is 0.101. The summed E-state index contributed by atoms with van der Waals surface area (Å²) < 4.78 is 14.0. The highest BCUT2D eigenvalue weighted by Crippen LogP contribution is 2.25. The molecule has 0 unspecified atom stereocenters. The van der Waals surface area contributed by atoms with Crippen LogP contribution in [0.1, 0.15) is 29.8 Å². The van der Waals surface area contributed by atoms with E-state index in [4.69, 9.17) is 0 Å². The van der Waals surface area contributed by atoms with E-state index < -0.39 is 11.7 Å². The van der Waals surface area contributed by atoms with E-state index in [9.17, 15) is 9.18 Å². The fourth-order valence-corrected chi connectivity index (χ4v) is 1.97. The molecule has 1 aromatic heterocycles. The summed E-state index contributed by atoms with van der Waals surface area (Å²) in [7, 11) is 0. The number of nitrogens with zero attached hydrogens (tertiary/aromatic N) is 2. The largest absolute Gasteiger partial charge is 0.316 e. The maximum absolute atomic E-state index is 13.6. The Hall–Kier alpha value is -1.76. The van der Waals surface area contributed by atoms with Gasteiger partial charge in [-0.05, 0) is 34.5 Å². The van der Waals surface area contributed by atoms with Crippen LogP contribution < -0.4 is 5.32 Å². The Morgan fingerprint density at radius 1 is 1.53 bits per heavy atom. The van der Waals surface area contributed by atoms with Crippen LogP contribution in [0.15, 0.2) is 22.7 Å². The highest BCUT2D eigenvalue weighted by molar-refractivity contribution is 9.10. The molecule has 2 aromatic rings. The molecule has 0 saturated carbocycles. The lowest BCUT2D eigenvalue weighted by Crippen LogP contribution is -2.15. The predicted octanol–water partition coefficient (Wildman–Crippen LogP) is 2.91. The molecule has 100 valence electrons. The van der Waals surface area contributed by atoms with E-state index in [1.165, 1.54) is 6.07 Å². The van der Waals surface area contributed by atoms with Gasteiger partial charge in [-0.15, -0.1) is 5.10 Å². The molecule has 19 heavy (non-hydrogen) atoms. The molecule has 0 saturated heterocycles. The summed E-state index contributed by atoms with van der Waals surface area (Å²) in [6.45, 7) is 2.00. The highest BCUT2D eigenvalue weighted by atomic mass is 79.9. The summed E-state index contributed by atoms with van der Waals surface area (Å²) in [6, 6.07) is 4.45. The van der Waals surface area contributed by atoms with Crippen molar-refractivity contribution in [2.75, 3.05) is 5.32 Å². The van der Waals surface area contributed by atoms with Crippen molar-refractivity contribution in [1.29, 1.82) is 0 Å². The maximum Gasteiger partial charge on any atom is 0.295 e. The third-order valence-electron chi connectivity index (χ3n) is 2.42. The molecule has 0 atom stereocenters. The molecule has 0 aliphatic carbocycles. The zero-order valence-corrected chi connectivity index (χ0v) is 11.8. The number of aromatic nitrogens is 3. The number of aryl methyl sites for hydroxylation is 1. The van der Waals surface area contributed by atoms with Crippen molar-refractivity contribution in [2.24, 2.45) is 0 Å². The Kier molecular flexibility index (Phi) is 4.26. The lowest BCUT2D eigenvalue weighted by atomic mass is 10.3. The molecule has 0 spiro atoms. The topological polar surface area (TPSA) is 70.7 Å². The molecule has 0 aliphatic heterocycles. The first-order valence-corrected chi connectivity index (χ1v) is 6.57. The number of rotatable bonds is 4. The van der Waals surface area contributed by atoms with Crippen LogP contribution in [0.4, 0.5) is 10.1 Å². The van der Waals surface area contributed by atoms with Gasteiger partial charge in [0.15, 0.2) is 0 Å². The molecule has 2 rings (SSSR count). The first-order valence-electron chi connectivity index (χ1n) is 5.78. The monoisotopic (exact) mass is 326 g/mol. The summed E-state index contributed by atoms with van der Waals surface area (Å²) in [6.07, 6.45) is 1.61. The van der Waals surface area contributed by atoms with Crippen molar-refractivity contribution >= 4 is 27.5 Å². The number of aromatic amines is 1. The standard InChI is InChI=1S/C12H12BrFN4O/c1-2-4-9-15-11(18-17-9)12(19)16-10-7(13)5-3-6-8(10)14/h3,5-6H,2,4H2,1H3,(H,16,19)(H,15,17,18). The van der Waals surface area contributed by atoms with Crippen molar-refractivity contribution in [2.45, 2.75) is 19.8 Å². The fraction of sp³-hybridized carbons (Fsp3) is 0.250. The number of hydrogen-bond acceptors (Lipinski definition) is 3. The number of nitrogens with one attached hydrogen (secondary N) is 2. The van der Waals surface area contributed by atoms with Gasteiger partial charge in [0.25, 0.3) is 5.91 Å². The zero-order valence-electron chi connectivity index (χ0n) is 10.2. The van der Waals surface area contributed by atoms with Gasteiger partial charge in [0.2, 0.25) is 5.82 Å². The second-order valence-electron chi connectivity index (χ2n) is 3.91. The molecule has 2 N–H and O–H groups in total. The van der Waals surface area contributed by atoms with Crippen molar-refractivity contribution in [1.82, 2.24) is 15.2 Å². The predicted molar refractivity (Wildman–Crippen MR) is 72.4 cm³/mol. The van der Waals surface area contributed by atoms with E-state index in [2.05, 4.69) is 36.4 Å². The van der Waals surface area contributed by atoms with Gasteiger partial charge >= 0.3 is 0 Å². The van der Waals surface area contributed by atoms with Gasteiger partial charge in [0.1, 0.15) is 11.6 Å². The molecule has 0 radical (unpaired) electrons. The second kappa shape index (κ2) is 5.92.